The number of nitrogens with one attached hydrogen (secondary N) is 1. The van der Waals surface area contributed by atoms with Crippen molar-refractivity contribution >= 4 is 22.6 Å². The zero-order valence-electron chi connectivity index (χ0n) is 16.2. The molecule has 0 atom stereocenters. The van der Waals surface area contributed by atoms with Gasteiger partial charge in [-0.25, -0.2) is 9.37 Å². The molecule has 3 aromatic rings. The van der Waals surface area contributed by atoms with Crippen LogP contribution in [0.2, 0.25) is 0 Å². The lowest BCUT2D eigenvalue weighted by Gasteiger charge is -2.12. The Morgan fingerprint density at radius 2 is 2.07 bits per heavy atom. The Kier molecular flexibility index (Phi) is 6.75. The third-order valence-electron chi connectivity index (χ3n) is 4.42. The van der Waals surface area contributed by atoms with Gasteiger partial charge in [0.25, 0.3) is 5.91 Å². The molecule has 29 heavy (non-hydrogen) atoms. The number of terminal acetylenes is 1. The van der Waals surface area contributed by atoms with E-state index in [0.29, 0.717) is 23.2 Å². The first-order valence-electron chi connectivity index (χ1n) is 9.48. The molecule has 2 heterocycles. The second-order valence-electron chi connectivity index (χ2n) is 6.63. The second-order valence-corrected chi connectivity index (χ2v) is 6.63. The summed E-state index contributed by atoms with van der Waals surface area (Å²) < 4.78 is 20.3. The zero-order valence-corrected chi connectivity index (χ0v) is 16.2. The first-order chi connectivity index (χ1) is 14.1. The largest absolute Gasteiger partial charge is 0.490 e. The van der Waals surface area contributed by atoms with Gasteiger partial charge in [0, 0.05) is 12.6 Å². The molecule has 0 spiro atoms. The van der Waals surface area contributed by atoms with Crippen LogP contribution in [0.15, 0.2) is 42.6 Å². The van der Waals surface area contributed by atoms with Gasteiger partial charge in [0.2, 0.25) is 0 Å². The van der Waals surface area contributed by atoms with E-state index in [1.54, 1.807) is 37.4 Å². The van der Waals surface area contributed by atoms with Crippen LogP contribution in [0.25, 0.3) is 11.0 Å². The highest BCUT2D eigenvalue weighted by atomic mass is 19.1. The minimum Gasteiger partial charge on any atom is -0.490 e. The molecular formula is C23H22FN3O2. The van der Waals surface area contributed by atoms with E-state index in [4.69, 9.17) is 11.2 Å². The summed E-state index contributed by atoms with van der Waals surface area (Å²) in [5.74, 6) is 1.60. The number of anilines is 1. The molecule has 1 N–H and O–H groups in total. The van der Waals surface area contributed by atoms with Crippen LogP contribution in [-0.2, 0) is 0 Å². The van der Waals surface area contributed by atoms with E-state index < -0.39 is 11.7 Å². The number of unbranched alkanes of at least 4 members (excludes halogenated alkanes) is 3. The SMILES string of the molecule is C#CCCCCCOc1cccc(NC(=O)c2nc3cccnc3cc2C)c1F. The van der Waals surface area contributed by atoms with Crippen molar-refractivity contribution in [3.63, 3.8) is 0 Å². The van der Waals surface area contributed by atoms with E-state index in [1.807, 2.05) is 0 Å². The van der Waals surface area contributed by atoms with Crippen LogP contribution in [-0.4, -0.2) is 22.5 Å². The molecule has 0 aliphatic carbocycles. The molecule has 3 rings (SSSR count). The highest BCUT2D eigenvalue weighted by Gasteiger charge is 2.16. The zero-order chi connectivity index (χ0) is 20.6. The standard InChI is InChI=1S/C23H22FN3O2/c1-3-4-5-6-7-14-29-20-12-8-10-18(21(20)24)27-23(28)22-16(2)15-19-17(26-22)11-9-13-25-19/h1,8-13,15H,4-7,14H2,2H3,(H,27,28). The fraction of sp³-hybridized carbons (Fsp3) is 0.261. The van der Waals surface area contributed by atoms with Crippen molar-refractivity contribution in [1.82, 2.24) is 9.97 Å². The molecule has 1 aromatic carbocycles. The number of carbonyl (C=O) groups is 1. The quantitative estimate of drug-likeness (QED) is 0.438. The summed E-state index contributed by atoms with van der Waals surface area (Å²) in [5.41, 5.74) is 2.24. The van der Waals surface area contributed by atoms with Crippen LogP contribution in [0.1, 0.15) is 41.7 Å². The monoisotopic (exact) mass is 391 g/mol. The number of amides is 1. The number of aromatic nitrogens is 2. The van der Waals surface area contributed by atoms with E-state index in [0.717, 1.165) is 25.7 Å². The van der Waals surface area contributed by atoms with E-state index >= 15 is 0 Å². The number of pyridine rings is 2. The maximum Gasteiger partial charge on any atom is 0.274 e. The predicted molar refractivity (Wildman–Crippen MR) is 111 cm³/mol. The van der Waals surface area contributed by atoms with E-state index in [9.17, 15) is 9.18 Å². The van der Waals surface area contributed by atoms with Crippen molar-refractivity contribution in [2.24, 2.45) is 0 Å². The maximum absolute atomic E-state index is 14.7. The number of benzene rings is 1. The second kappa shape index (κ2) is 9.65. The summed E-state index contributed by atoms with van der Waals surface area (Å²) >= 11 is 0. The van der Waals surface area contributed by atoms with Gasteiger partial charge in [0.15, 0.2) is 11.6 Å². The summed E-state index contributed by atoms with van der Waals surface area (Å²) in [6.07, 6.45) is 10.2. The lowest BCUT2D eigenvalue weighted by molar-refractivity contribution is 0.102. The van der Waals surface area contributed by atoms with Crippen molar-refractivity contribution in [2.75, 3.05) is 11.9 Å². The van der Waals surface area contributed by atoms with Gasteiger partial charge >= 0.3 is 0 Å². The molecule has 0 saturated carbocycles. The first kappa shape index (κ1) is 20.3. The highest BCUT2D eigenvalue weighted by Crippen LogP contribution is 2.25. The number of rotatable bonds is 8. The van der Waals surface area contributed by atoms with Gasteiger partial charge in [-0.1, -0.05) is 6.07 Å². The summed E-state index contributed by atoms with van der Waals surface area (Å²) in [7, 11) is 0. The molecule has 0 bridgehead atoms. The van der Waals surface area contributed by atoms with Crippen LogP contribution in [0.4, 0.5) is 10.1 Å². The molecule has 2 aromatic heterocycles. The molecule has 1 amide bonds. The van der Waals surface area contributed by atoms with E-state index in [1.165, 1.54) is 12.1 Å². The van der Waals surface area contributed by atoms with Gasteiger partial charge in [0.05, 0.1) is 23.3 Å². The lowest BCUT2D eigenvalue weighted by atomic mass is 10.1. The molecule has 5 nitrogen and oxygen atoms in total. The Balaban J connectivity index is 1.69. The van der Waals surface area contributed by atoms with Gasteiger partial charge in [-0.3, -0.25) is 9.78 Å². The van der Waals surface area contributed by atoms with Crippen LogP contribution >= 0.6 is 0 Å². The van der Waals surface area contributed by atoms with Crippen molar-refractivity contribution in [3.05, 3.63) is 59.7 Å². The predicted octanol–water partition coefficient (Wildman–Crippen LogP) is 4.90. The molecule has 0 unspecified atom stereocenters. The molecule has 0 fully saturated rings. The normalized spacial score (nSPS) is 10.5. The average molecular weight is 391 g/mol. The van der Waals surface area contributed by atoms with Crippen LogP contribution in [0, 0.1) is 25.1 Å². The van der Waals surface area contributed by atoms with Crippen LogP contribution < -0.4 is 10.1 Å². The summed E-state index contributed by atoms with van der Waals surface area (Å²) in [6.45, 7) is 2.16. The number of carbonyl (C=O) groups excluding carboxylic acids is 1. The van der Waals surface area contributed by atoms with Gasteiger partial charge in [0.1, 0.15) is 5.69 Å². The van der Waals surface area contributed by atoms with Crippen molar-refractivity contribution in [2.45, 2.75) is 32.6 Å². The third kappa shape index (κ3) is 5.08. The van der Waals surface area contributed by atoms with Gasteiger partial charge in [-0.05, 0) is 62.1 Å². The summed E-state index contributed by atoms with van der Waals surface area (Å²) in [6, 6.07) is 9.98. The Morgan fingerprint density at radius 3 is 2.90 bits per heavy atom. The van der Waals surface area contributed by atoms with Crippen molar-refractivity contribution < 1.29 is 13.9 Å². The first-order valence-corrected chi connectivity index (χ1v) is 9.48. The van der Waals surface area contributed by atoms with Crippen molar-refractivity contribution in [3.8, 4) is 18.1 Å². The molecule has 6 heteroatoms. The molecule has 0 aliphatic heterocycles. The fourth-order valence-corrected chi connectivity index (χ4v) is 2.92. The minimum atomic E-state index is -0.607. The van der Waals surface area contributed by atoms with E-state index in [-0.39, 0.29) is 17.1 Å². The van der Waals surface area contributed by atoms with Gasteiger partial charge < -0.3 is 10.1 Å². The van der Waals surface area contributed by atoms with Crippen LogP contribution in [0.5, 0.6) is 5.75 Å². The van der Waals surface area contributed by atoms with Gasteiger partial charge in [-0.2, -0.15) is 0 Å². The minimum absolute atomic E-state index is 0.0484. The number of ether oxygens (including phenoxy) is 1. The smallest absolute Gasteiger partial charge is 0.274 e. The van der Waals surface area contributed by atoms with E-state index in [2.05, 4.69) is 21.2 Å². The highest BCUT2D eigenvalue weighted by molar-refractivity contribution is 6.05. The Morgan fingerprint density at radius 1 is 1.21 bits per heavy atom. The maximum atomic E-state index is 14.7. The van der Waals surface area contributed by atoms with Gasteiger partial charge in [-0.15, -0.1) is 12.3 Å². The van der Waals surface area contributed by atoms with Crippen molar-refractivity contribution in [1.29, 1.82) is 0 Å². The Hall–Kier alpha value is -3.46. The molecule has 0 saturated heterocycles. The number of fused-ring (bicyclic) bond motifs is 1. The number of nitrogens with zero attached hydrogens (tertiary/aromatic N) is 2. The topological polar surface area (TPSA) is 64.1 Å². The molecular weight excluding hydrogens is 369 g/mol. The average Bonchev–Trinajstić information content (AvgIpc) is 2.72. The third-order valence-corrected chi connectivity index (χ3v) is 4.42. The molecule has 0 aliphatic rings. The number of halogens is 1. The molecule has 148 valence electrons. The fourth-order valence-electron chi connectivity index (χ4n) is 2.92. The number of aryl methyl sites for hydroxylation is 1. The lowest BCUT2D eigenvalue weighted by Crippen LogP contribution is -2.16. The Bertz CT molecular complexity index is 1060. The number of hydrogen-bond donors (Lipinski definition) is 1. The number of hydrogen-bond acceptors (Lipinski definition) is 4. The summed E-state index contributed by atoms with van der Waals surface area (Å²) in [4.78, 5) is 21.3. The molecule has 0 radical (unpaired) electrons. The van der Waals surface area contributed by atoms with Crippen LogP contribution in [0.3, 0.4) is 0 Å². The summed E-state index contributed by atoms with van der Waals surface area (Å²) in [5, 5.41) is 2.59. The Labute approximate surface area is 169 Å².